The fourth-order valence-electron chi connectivity index (χ4n) is 3.24. The standard InChI is InChI=1S/C17H16N4S/c18-11-15-17(19-16-3-1-2-7-21(15)16)20-8-4-13(5-9-20)14-6-10-22-12-14/h1-3,6-7,10,12-13H,4-5,8-9H2. The predicted molar refractivity (Wildman–Crippen MR) is 88.4 cm³/mol. The number of thiophene rings is 1. The van der Waals surface area contributed by atoms with Crippen LogP contribution in [0, 0.1) is 11.3 Å². The van der Waals surface area contributed by atoms with Crippen LogP contribution in [-0.4, -0.2) is 22.5 Å². The number of nitriles is 1. The van der Waals surface area contributed by atoms with Crippen molar-refractivity contribution in [1.82, 2.24) is 9.38 Å². The average molecular weight is 308 g/mol. The molecule has 0 amide bonds. The third kappa shape index (κ3) is 2.16. The van der Waals surface area contributed by atoms with Crippen LogP contribution >= 0.6 is 11.3 Å². The van der Waals surface area contributed by atoms with Crippen molar-refractivity contribution in [3.63, 3.8) is 0 Å². The topological polar surface area (TPSA) is 44.3 Å². The van der Waals surface area contributed by atoms with E-state index in [1.54, 1.807) is 11.3 Å². The average Bonchev–Trinajstić information content (AvgIpc) is 3.22. The van der Waals surface area contributed by atoms with E-state index in [0.29, 0.717) is 11.6 Å². The summed E-state index contributed by atoms with van der Waals surface area (Å²) in [6.45, 7) is 1.91. The quantitative estimate of drug-likeness (QED) is 0.726. The van der Waals surface area contributed by atoms with Crippen molar-refractivity contribution in [2.45, 2.75) is 18.8 Å². The number of nitrogens with zero attached hydrogens (tertiary/aromatic N) is 4. The van der Waals surface area contributed by atoms with Gasteiger partial charge in [-0.05, 0) is 53.3 Å². The summed E-state index contributed by atoms with van der Waals surface area (Å²) in [7, 11) is 0. The van der Waals surface area contributed by atoms with Gasteiger partial charge in [-0.2, -0.15) is 16.6 Å². The summed E-state index contributed by atoms with van der Waals surface area (Å²) in [5, 5.41) is 13.9. The lowest BCUT2D eigenvalue weighted by Gasteiger charge is -2.32. The molecule has 0 unspecified atom stereocenters. The first-order chi connectivity index (χ1) is 10.9. The molecule has 1 saturated heterocycles. The summed E-state index contributed by atoms with van der Waals surface area (Å²) >= 11 is 1.77. The molecule has 4 heterocycles. The van der Waals surface area contributed by atoms with E-state index in [1.165, 1.54) is 5.56 Å². The van der Waals surface area contributed by atoms with Crippen LogP contribution in [0.4, 0.5) is 5.82 Å². The molecular weight excluding hydrogens is 292 g/mol. The highest BCUT2D eigenvalue weighted by Crippen LogP contribution is 2.32. The van der Waals surface area contributed by atoms with Gasteiger partial charge in [0.25, 0.3) is 0 Å². The molecular formula is C17H16N4S. The zero-order chi connectivity index (χ0) is 14.9. The van der Waals surface area contributed by atoms with Gasteiger partial charge in [-0.25, -0.2) is 4.98 Å². The molecule has 0 spiro atoms. The van der Waals surface area contributed by atoms with E-state index < -0.39 is 0 Å². The highest BCUT2D eigenvalue weighted by Gasteiger charge is 2.25. The van der Waals surface area contributed by atoms with Crippen LogP contribution < -0.4 is 4.90 Å². The molecule has 1 fully saturated rings. The normalized spacial score (nSPS) is 16.0. The highest BCUT2D eigenvalue weighted by atomic mass is 32.1. The minimum atomic E-state index is 0.643. The summed E-state index contributed by atoms with van der Waals surface area (Å²) in [5.41, 5.74) is 2.94. The molecule has 3 aromatic heterocycles. The Kier molecular flexibility index (Phi) is 3.32. The molecule has 4 rings (SSSR count). The number of pyridine rings is 1. The van der Waals surface area contributed by atoms with Crippen molar-refractivity contribution in [3.05, 3.63) is 52.5 Å². The smallest absolute Gasteiger partial charge is 0.169 e. The Morgan fingerprint density at radius 1 is 1.23 bits per heavy atom. The second-order valence-electron chi connectivity index (χ2n) is 5.64. The van der Waals surface area contributed by atoms with E-state index >= 15 is 0 Å². The number of hydrogen-bond donors (Lipinski definition) is 0. The van der Waals surface area contributed by atoms with Gasteiger partial charge in [0.05, 0.1) is 0 Å². The van der Waals surface area contributed by atoms with E-state index in [4.69, 9.17) is 0 Å². The third-order valence-electron chi connectivity index (χ3n) is 4.43. The van der Waals surface area contributed by atoms with Gasteiger partial charge < -0.3 is 4.90 Å². The number of rotatable bonds is 2. The maximum absolute atomic E-state index is 9.50. The van der Waals surface area contributed by atoms with Crippen LogP contribution in [0.1, 0.15) is 30.0 Å². The zero-order valence-electron chi connectivity index (χ0n) is 12.1. The number of aromatic nitrogens is 2. The first-order valence-corrected chi connectivity index (χ1v) is 8.45. The Morgan fingerprint density at radius 2 is 2.09 bits per heavy atom. The Bertz CT molecular complexity index is 820. The molecule has 22 heavy (non-hydrogen) atoms. The molecule has 0 aromatic carbocycles. The van der Waals surface area contributed by atoms with Crippen molar-refractivity contribution in [2.75, 3.05) is 18.0 Å². The number of anilines is 1. The van der Waals surface area contributed by atoms with E-state index in [2.05, 4.69) is 32.8 Å². The molecule has 0 saturated carbocycles. The van der Waals surface area contributed by atoms with E-state index in [1.807, 2.05) is 28.8 Å². The summed E-state index contributed by atoms with van der Waals surface area (Å²) < 4.78 is 1.88. The molecule has 4 nitrogen and oxygen atoms in total. The first kappa shape index (κ1) is 13.4. The Hall–Kier alpha value is -2.32. The predicted octanol–water partition coefficient (Wildman–Crippen LogP) is 3.65. The van der Waals surface area contributed by atoms with Gasteiger partial charge in [-0.1, -0.05) is 6.07 Å². The van der Waals surface area contributed by atoms with E-state index in [-0.39, 0.29) is 0 Å². The van der Waals surface area contributed by atoms with E-state index in [0.717, 1.165) is 37.4 Å². The SMILES string of the molecule is N#Cc1c(N2CCC(c3ccsc3)CC2)nc2ccccn12. The van der Waals surface area contributed by atoms with Gasteiger partial charge >= 0.3 is 0 Å². The maximum Gasteiger partial charge on any atom is 0.169 e. The van der Waals surface area contributed by atoms with Gasteiger partial charge in [0.2, 0.25) is 0 Å². The lowest BCUT2D eigenvalue weighted by atomic mass is 9.91. The molecule has 0 radical (unpaired) electrons. The summed E-state index contributed by atoms with van der Waals surface area (Å²) in [6, 6.07) is 10.4. The Balaban J connectivity index is 1.60. The lowest BCUT2D eigenvalue weighted by molar-refractivity contribution is 0.504. The zero-order valence-corrected chi connectivity index (χ0v) is 13.0. The van der Waals surface area contributed by atoms with Crippen LogP contribution in [0.3, 0.4) is 0 Å². The minimum absolute atomic E-state index is 0.643. The highest BCUT2D eigenvalue weighted by molar-refractivity contribution is 7.07. The van der Waals surface area contributed by atoms with Crippen LogP contribution in [0.5, 0.6) is 0 Å². The van der Waals surface area contributed by atoms with Gasteiger partial charge in [-0.3, -0.25) is 4.40 Å². The van der Waals surface area contributed by atoms with Crippen LogP contribution in [0.15, 0.2) is 41.2 Å². The van der Waals surface area contributed by atoms with Crippen molar-refractivity contribution in [3.8, 4) is 6.07 Å². The molecule has 1 aliphatic rings. The van der Waals surface area contributed by atoms with Gasteiger partial charge in [0.15, 0.2) is 11.5 Å². The van der Waals surface area contributed by atoms with Crippen molar-refractivity contribution >= 4 is 22.8 Å². The lowest BCUT2D eigenvalue weighted by Crippen LogP contribution is -2.33. The first-order valence-electron chi connectivity index (χ1n) is 7.51. The van der Waals surface area contributed by atoms with Gasteiger partial charge in [-0.15, -0.1) is 0 Å². The third-order valence-corrected chi connectivity index (χ3v) is 5.13. The second-order valence-corrected chi connectivity index (χ2v) is 6.42. The summed E-state index contributed by atoms with van der Waals surface area (Å²) in [4.78, 5) is 6.92. The van der Waals surface area contributed by atoms with Crippen LogP contribution in [0.2, 0.25) is 0 Å². The van der Waals surface area contributed by atoms with E-state index in [9.17, 15) is 5.26 Å². The second kappa shape index (κ2) is 5.47. The number of piperidine rings is 1. The number of fused-ring (bicyclic) bond motifs is 1. The molecule has 1 aliphatic heterocycles. The molecule has 0 bridgehead atoms. The minimum Gasteiger partial charge on any atom is -0.354 e. The van der Waals surface area contributed by atoms with Crippen molar-refractivity contribution in [2.24, 2.45) is 0 Å². The largest absolute Gasteiger partial charge is 0.354 e. The molecule has 3 aromatic rings. The fraction of sp³-hybridized carbons (Fsp3) is 0.294. The Labute approximate surface area is 133 Å². The Morgan fingerprint density at radius 3 is 2.82 bits per heavy atom. The number of hydrogen-bond acceptors (Lipinski definition) is 4. The fourth-order valence-corrected chi connectivity index (χ4v) is 3.98. The van der Waals surface area contributed by atoms with Crippen LogP contribution in [0.25, 0.3) is 5.65 Å². The molecule has 0 N–H and O–H groups in total. The maximum atomic E-state index is 9.50. The summed E-state index contributed by atoms with van der Waals surface area (Å²) in [6.07, 6.45) is 4.15. The van der Waals surface area contributed by atoms with Gasteiger partial charge in [0, 0.05) is 19.3 Å². The molecule has 0 atom stereocenters. The summed E-state index contributed by atoms with van der Waals surface area (Å²) in [5.74, 6) is 1.47. The van der Waals surface area contributed by atoms with Crippen molar-refractivity contribution in [1.29, 1.82) is 5.26 Å². The van der Waals surface area contributed by atoms with Crippen LogP contribution in [-0.2, 0) is 0 Å². The number of imidazole rings is 1. The molecule has 110 valence electrons. The molecule has 0 aliphatic carbocycles. The monoisotopic (exact) mass is 308 g/mol. The van der Waals surface area contributed by atoms with Crippen molar-refractivity contribution < 1.29 is 0 Å². The van der Waals surface area contributed by atoms with Gasteiger partial charge in [0.1, 0.15) is 11.7 Å². The molecule has 5 heteroatoms.